The molecule has 2 amide bonds. The Morgan fingerprint density at radius 2 is 1.76 bits per heavy atom. The number of rotatable bonds is 8. The first-order valence-corrected chi connectivity index (χ1v) is 11.7. The highest BCUT2D eigenvalue weighted by molar-refractivity contribution is 6.01. The van der Waals surface area contributed by atoms with Crippen molar-refractivity contribution < 1.29 is 18.4 Å². The summed E-state index contributed by atoms with van der Waals surface area (Å²) in [5.41, 5.74) is 3.32. The summed E-state index contributed by atoms with van der Waals surface area (Å²) in [7, 11) is 0. The highest BCUT2D eigenvalue weighted by Crippen LogP contribution is 2.29. The summed E-state index contributed by atoms with van der Waals surface area (Å²) in [6.07, 6.45) is 1.52. The van der Waals surface area contributed by atoms with Crippen LogP contribution in [0.25, 0.3) is 11.0 Å². The highest BCUT2D eigenvalue weighted by Gasteiger charge is 2.33. The van der Waals surface area contributed by atoms with Crippen molar-refractivity contribution in [3.05, 3.63) is 114 Å². The minimum absolute atomic E-state index is 0.132. The normalized spacial score (nSPS) is 11.8. The number of carbonyl (C=O) groups excluding carboxylic acids is 2. The number of benzene rings is 3. The summed E-state index contributed by atoms with van der Waals surface area (Å²) in [5, 5.41) is 11.1. The van der Waals surface area contributed by atoms with E-state index < -0.39 is 17.8 Å². The lowest BCUT2D eigenvalue weighted by atomic mass is 10.0. The van der Waals surface area contributed by atoms with Gasteiger partial charge in [0, 0.05) is 5.69 Å². The van der Waals surface area contributed by atoms with Gasteiger partial charge < -0.3 is 9.73 Å². The molecule has 8 nitrogen and oxygen atoms in total. The second kappa shape index (κ2) is 10.4. The Morgan fingerprint density at radius 3 is 2.49 bits per heavy atom. The molecule has 2 heterocycles. The Balaban J connectivity index is 1.55. The molecule has 5 rings (SSSR count). The lowest BCUT2D eigenvalue weighted by Crippen LogP contribution is -2.45. The number of furan rings is 1. The predicted molar refractivity (Wildman–Crippen MR) is 136 cm³/mol. The molecule has 0 aliphatic rings. The Hall–Kier alpha value is -4.79. The maximum Gasteiger partial charge on any atom is 0.249 e. The van der Waals surface area contributed by atoms with Crippen molar-refractivity contribution in [1.29, 1.82) is 0 Å². The third-order valence-corrected chi connectivity index (χ3v) is 6.00. The molecule has 186 valence electrons. The fraction of sp³-hybridized carbons (Fsp3) is 0.143. The fourth-order valence-corrected chi connectivity index (χ4v) is 4.13. The number of hydrogen-bond acceptors (Lipinski definition) is 5. The molecule has 0 aliphatic carbocycles. The van der Waals surface area contributed by atoms with Crippen LogP contribution in [0.4, 0.5) is 10.1 Å². The van der Waals surface area contributed by atoms with Gasteiger partial charge in [-0.25, -0.2) is 9.07 Å². The van der Waals surface area contributed by atoms with Crippen LogP contribution in [0.1, 0.15) is 22.9 Å². The second-order valence-electron chi connectivity index (χ2n) is 8.59. The Kier molecular flexibility index (Phi) is 6.76. The van der Waals surface area contributed by atoms with Gasteiger partial charge in [-0.3, -0.25) is 14.5 Å². The first kappa shape index (κ1) is 23.9. The van der Waals surface area contributed by atoms with Crippen molar-refractivity contribution in [2.24, 2.45) is 0 Å². The molecule has 9 heteroatoms. The smallest absolute Gasteiger partial charge is 0.249 e. The number of aromatic nitrogens is 3. The topological polar surface area (TPSA) is 93.3 Å². The molecule has 5 aromatic rings. The van der Waals surface area contributed by atoms with Crippen LogP contribution >= 0.6 is 0 Å². The van der Waals surface area contributed by atoms with E-state index in [0.717, 1.165) is 5.56 Å². The molecule has 1 atom stereocenters. The average molecular weight is 498 g/mol. The third-order valence-electron chi connectivity index (χ3n) is 6.00. The monoisotopic (exact) mass is 497 g/mol. The summed E-state index contributed by atoms with van der Waals surface area (Å²) in [5.74, 6) is -0.711. The van der Waals surface area contributed by atoms with Crippen molar-refractivity contribution in [3.8, 4) is 0 Å². The van der Waals surface area contributed by atoms with E-state index in [2.05, 4.69) is 15.6 Å². The predicted octanol–water partition coefficient (Wildman–Crippen LogP) is 4.56. The number of nitrogens with one attached hydrogen (secondary N) is 1. The molecular formula is C28H24FN5O3. The highest BCUT2D eigenvalue weighted by atomic mass is 19.1. The van der Waals surface area contributed by atoms with E-state index in [1.54, 1.807) is 24.3 Å². The number of para-hydroxylation sites is 1. The van der Waals surface area contributed by atoms with Gasteiger partial charge in [-0.2, -0.15) is 0 Å². The average Bonchev–Trinajstić information content (AvgIpc) is 3.58. The van der Waals surface area contributed by atoms with Gasteiger partial charge in [0.2, 0.25) is 11.8 Å². The Bertz CT molecular complexity index is 1510. The maximum atomic E-state index is 13.9. The van der Waals surface area contributed by atoms with E-state index in [-0.39, 0.29) is 19.0 Å². The van der Waals surface area contributed by atoms with Gasteiger partial charge in [-0.1, -0.05) is 47.2 Å². The fourth-order valence-electron chi connectivity index (χ4n) is 4.13. The zero-order valence-corrected chi connectivity index (χ0v) is 20.0. The van der Waals surface area contributed by atoms with Crippen molar-refractivity contribution >= 4 is 28.5 Å². The molecule has 0 fully saturated rings. The summed E-state index contributed by atoms with van der Waals surface area (Å²) in [6, 6.07) is 22.5. The van der Waals surface area contributed by atoms with E-state index in [9.17, 15) is 14.0 Å². The Morgan fingerprint density at radius 1 is 1.00 bits per heavy atom. The Labute approximate surface area is 212 Å². The maximum absolute atomic E-state index is 13.9. The van der Waals surface area contributed by atoms with E-state index >= 15 is 0 Å². The van der Waals surface area contributed by atoms with Crippen LogP contribution in [0.3, 0.4) is 0 Å². The van der Waals surface area contributed by atoms with Crippen LogP contribution in [0, 0.1) is 12.7 Å². The van der Waals surface area contributed by atoms with Crippen molar-refractivity contribution in [2.45, 2.75) is 26.1 Å². The number of aryl methyl sites for hydroxylation is 1. The van der Waals surface area contributed by atoms with Crippen LogP contribution in [0.5, 0.6) is 0 Å². The van der Waals surface area contributed by atoms with E-state index in [0.29, 0.717) is 28.0 Å². The quantitative estimate of drug-likeness (QED) is 0.339. The number of anilines is 1. The number of hydrogen-bond donors (Lipinski definition) is 1. The number of fused-ring (bicyclic) bond motifs is 1. The minimum Gasteiger partial charge on any atom is -0.467 e. The van der Waals surface area contributed by atoms with Gasteiger partial charge in [-0.05, 0) is 61.0 Å². The minimum atomic E-state index is -1.08. The van der Waals surface area contributed by atoms with Gasteiger partial charge in [0.15, 0.2) is 0 Å². The summed E-state index contributed by atoms with van der Waals surface area (Å²) >= 11 is 0. The molecule has 37 heavy (non-hydrogen) atoms. The lowest BCUT2D eigenvalue weighted by Gasteiger charge is -2.31. The molecule has 0 aliphatic heterocycles. The SMILES string of the molecule is Cc1ccc(N(C(=O)Cn2nnc3ccccc32)[C@H](C(=O)NCc2ccco2)c2ccc(F)cc2)cc1. The molecule has 0 saturated carbocycles. The van der Waals surface area contributed by atoms with Crippen LogP contribution < -0.4 is 10.2 Å². The standard InChI is InChI=1S/C28H24FN5O3/c1-19-8-14-22(15-9-19)34(26(35)18-33-25-7-3-2-6-24(25)31-32-33)27(20-10-12-21(29)13-11-20)28(36)30-17-23-5-4-16-37-23/h2-16,27H,17-18H2,1H3,(H,30,36)/t27-/m0/s1. The summed E-state index contributed by atoms with van der Waals surface area (Å²) in [6.45, 7) is 1.91. The van der Waals surface area contributed by atoms with Crippen molar-refractivity contribution in [2.75, 3.05) is 4.90 Å². The van der Waals surface area contributed by atoms with Crippen molar-refractivity contribution in [1.82, 2.24) is 20.3 Å². The first-order valence-electron chi connectivity index (χ1n) is 11.7. The summed E-state index contributed by atoms with van der Waals surface area (Å²) < 4.78 is 20.6. The molecule has 0 saturated heterocycles. The molecule has 0 unspecified atom stereocenters. The second-order valence-corrected chi connectivity index (χ2v) is 8.59. The van der Waals surface area contributed by atoms with Crippen molar-refractivity contribution in [3.63, 3.8) is 0 Å². The summed E-state index contributed by atoms with van der Waals surface area (Å²) in [4.78, 5) is 29.0. The van der Waals surface area contributed by atoms with E-state index in [1.165, 1.54) is 40.1 Å². The van der Waals surface area contributed by atoms with Gasteiger partial charge in [0.25, 0.3) is 0 Å². The van der Waals surface area contributed by atoms with Crippen LogP contribution in [0.2, 0.25) is 0 Å². The first-order chi connectivity index (χ1) is 18.0. The van der Waals surface area contributed by atoms with Crippen LogP contribution in [-0.2, 0) is 22.7 Å². The largest absolute Gasteiger partial charge is 0.467 e. The van der Waals surface area contributed by atoms with Gasteiger partial charge in [0.05, 0.1) is 18.3 Å². The molecule has 0 spiro atoms. The van der Waals surface area contributed by atoms with E-state index in [4.69, 9.17) is 4.42 Å². The molecule has 0 radical (unpaired) electrons. The van der Waals surface area contributed by atoms with Crippen LogP contribution in [0.15, 0.2) is 95.6 Å². The van der Waals surface area contributed by atoms with Gasteiger partial charge in [0.1, 0.15) is 29.7 Å². The number of halogens is 1. The van der Waals surface area contributed by atoms with Gasteiger partial charge in [-0.15, -0.1) is 5.10 Å². The molecule has 0 bridgehead atoms. The number of amides is 2. The molecule has 2 aromatic heterocycles. The zero-order chi connectivity index (χ0) is 25.8. The molecular weight excluding hydrogens is 473 g/mol. The molecule has 3 aromatic carbocycles. The number of carbonyl (C=O) groups is 2. The lowest BCUT2D eigenvalue weighted by molar-refractivity contribution is -0.127. The zero-order valence-electron chi connectivity index (χ0n) is 20.0. The van der Waals surface area contributed by atoms with E-state index in [1.807, 2.05) is 43.3 Å². The molecule has 1 N–H and O–H groups in total. The number of nitrogens with zero attached hydrogens (tertiary/aromatic N) is 4. The third kappa shape index (κ3) is 5.25. The van der Waals surface area contributed by atoms with Gasteiger partial charge >= 0.3 is 0 Å². The van der Waals surface area contributed by atoms with Crippen LogP contribution in [-0.4, -0.2) is 26.8 Å².